The van der Waals surface area contributed by atoms with Crippen molar-refractivity contribution in [2.24, 2.45) is 5.73 Å². The van der Waals surface area contributed by atoms with Gasteiger partial charge in [0.25, 0.3) is 10.2 Å². The summed E-state index contributed by atoms with van der Waals surface area (Å²) < 4.78 is 28.6. The number of anilines is 1. The van der Waals surface area contributed by atoms with Crippen molar-refractivity contribution in [3.63, 3.8) is 0 Å². The first-order valence-corrected chi connectivity index (χ1v) is 7.31. The molecule has 4 N–H and O–H groups in total. The number of nitrogens with one attached hydrogen (secondary N) is 2. The lowest BCUT2D eigenvalue weighted by Gasteiger charge is -2.20. The molecule has 0 saturated carbocycles. The van der Waals surface area contributed by atoms with Crippen LogP contribution < -0.4 is 15.2 Å². The molecule has 0 fully saturated rings. The van der Waals surface area contributed by atoms with Gasteiger partial charge in [-0.2, -0.15) is 13.1 Å². The Hall–Kier alpha value is -1.11. The maximum absolute atomic E-state index is 11.8. The molecule has 0 aliphatic rings. The van der Waals surface area contributed by atoms with Crippen LogP contribution >= 0.6 is 0 Å². The summed E-state index contributed by atoms with van der Waals surface area (Å²) in [6.07, 6.45) is 0.785. The van der Waals surface area contributed by atoms with Crippen LogP contribution in [0.4, 0.5) is 5.69 Å². The van der Waals surface area contributed by atoms with Crippen LogP contribution in [-0.4, -0.2) is 20.5 Å². The maximum atomic E-state index is 11.8. The number of hydrogen-bond donors (Lipinski definition) is 3. The molecule has 18 heavy (non-hydrogen) atoms. The molecule has 0 bridgehead atoms. The van der Waals surface area contributed by atoms with Crippen LogP contribution in [0, 0.1) is 0 Å². The minimum absolute atomic E-state index is 0.509. The fourth-order valence-corrected chi connectivity index (χ4v) is 2.79. The van der Waals surface area contributed by atoms with Gasteiger partial charge in [-0.05, 0) is 51.4 Å². The molecular weight excluding hydrogens is 250 g/mol. The highest BCUT2D eigenvalue weighted by Gasteiger charge is 2.19. The molecule has 6 heteroatoms. The van der Waals surface area contributed by atoms with E-state index in [1.807, 2.05) is 12.1 Å². The van der Waals surface area contributed by atoms with Crippen LogP contribution in [0.3, 0.4) is 0 Å². The lowest BCUT2D eigenvalue weighted by Crippen LogP contribution is -2.43. The highest BCUT2D eigenvalue weighted by atomic mass is 32.2. The van der Waals surface area contributed by atoms with E-state index in [2.05, 4.69) is 9.44 Å². The van der Waals surface area contributed by atoms with Crippen LogP contribution in [0.5, 0.6) is 0 Å². The maximum Gasteiger partial charge on any atom is 0.299 e. The largest absolute Gasteiger partial charge is 0.330 e. The second kappa shape index (κ2) is 5.69. The summed E-state index contributed by atoms with van der Waals surface area (Å²) in [5.41, 5.74) is 6.56. The van der Waals surface area contributed by atoms with Gasteiger partial charge in [-0.1, -0.05) is 12.1 Å². The highest BCUT2D eigenvalue weighted by molar-refractivity contribution is 7.90. The summed E-state index contributed by atoms with van der Waals surface area (Å²) >= 11 is 0. The molecule has 0 aliphatic carbocycles. The zero-order valence-electron chi connectivity index (χ0n) is 11.0. The van der Waals surface area contributed by atoms with Gasteiger partial charge in [0.15, 0.2) is 0 Å². The monoisotopic (exact) mass is 271 g/mol. The highest BCUT2D eigenvalue weighted by Crippen LogP contribution is 2.12. The molecule has 5 nitrogen and oxygen atoms in total. The first-order chi connectivity index (χ1) is 8.22. The van der Waals surface area contributed by atoms with Gasteiger partial charge in [-0.25, -0.2) is 0 Å². The molecule has 0 heterocycles. The van der Waals surface area contributed by atoms with Crippen molar-refractivity contribution in [1.82, 2.24) is 4.72 Å². The van der Waals surface area contributed by atoms with E-state index in [4.69, 9.17) is 5.73 Å². The second-order valence-corrected chi connectivity index (χ2v) is 6.61. The molecule has 1 rings (SSSR count). The molecule has 0 spiro atoms. The van der Waals surface area contributed by atoms with Gasteiger partial charge >= 0.3 is 0 Å². The SMILES string of the molecule is CC(C)(C)NS(=O)(=O)Nc1ccc(CCN)cc1. The Bertz CT molecular complexity index is 475. The molecule has 1 aromatic carbocycles. The van der Waals surface area contributed by atoms with Crippen LogP contribution in [0.25, 0.3) is 0 Å². The minimum atomic E-state index is -3.54. The first-order valence-electron chi connectivity index (χ1n) is 5.82. The van der Waals surface area contributed by atoms with E-state index in [1.54, 1.807) is 32.9 Å². The van der Waals surface area contributed by atoms with Crippen LogP contribution in [0.2, 0.25) is 0 Å². The van der Waals surface area contributed by atoms with Crippen molar-refractivity contribution < 1.29 is 8.42 Å². The van der Waals surface area contributed by atoms with Crippen LogP contribution in [0.15, 0.2) is 24.3 Å². The molecule has 0 radical (unpaired) electrons. The predicted molar refractivity (Wildman–Crippen MR) is 74.6 cm³/mol. The zero-order valence-corrected chi connectivity index (χ0v) is 11.8. The molecule has 102 valence electrons. The van der Waals surface area contributed by atoms with Crippen molar-refractivity contribution in [3.8, 4) is 0 Å². The average molecular weight is 271 g/mol. The van der Waals surface area contributed by atoms with E-state index in [9.17, 15) is 8.42 Å². The van der Waals surface area contributed by atoms with Gasteiger partial charge in [-0.15, -0.1) is 0 Å². The fraction of sp³-hybridized carbons (Fsp3) is 0.500. The molecule has 0 aromatic heterocycles. The van der Waals surface area contributed by atoms with E-state index >= 15 is 0 Å². The Morgan fingerprint density at radius 2 is 1.72 bits per heavy atom. The van der Waals surface area contributed by atoms with E-state index in [-0.39, 0.29) is 0 Å². The minimum Gasteiger partial charge on any atom is -0.330 e. The molecule has 1 aromatic rings. The standard InChI is InChI=1S/C12H21N3O2S/c1-12(2,3)15-18(16,17)14-11-6-4-10(5-7-11)8-9-13/h4-7,14-15H,8-9,13H2,1-3H3. The Morgan fingerprint density at radius 1 is 1.17 bits per heavy atom. The van der Waals surface area contributed by atoms with Gasteiger partial charge in [0.05, 0.1) is 0 Å². The molecule has 0 atom stereocenters. The third-order valence-electron chi connectivity index (χ3n) is 2.08. The Kier molecular flexibility index (Phi) is 4.72. The van der Waals surface area contributed by atoms with Gasteiger partial charge in [0.2, 0.25) is 0 Å². The smallest absolute Gasteiger partial charge is 0.299 e. The third-order valence-corrected chi connectivity index (χ3v) is 3.47. The summed E-state index contributed by atoms with van der Waals surface area (Å²) in [5, 5.41) is 0. The number of nitrogens with two attached hydrogens (primary N) is 1. The van der Waals surface area contributed by atoms with E-state index in [0.717, 1.165) is 12.0 Å². The lowest BCUT2D eigenvalue weighted by atomic mass is 10.1. The molecule has 0 amide bonds. The summed E-state index contributed by atoms with van der Waals surface area (Å²) in [7, 11) is -3.54. The van der Waals surface area contributed by atoms with Crippen LogP contribution in [-0.2, 0) is 16.6 Å². The van der Waals surface area contributed by atoms with Gasteiger partial charge in [0, 0.05) is 11.2 Å². The van der Waals surface area contributed by atoms with Crippen molar-refractivity contribution >= 4 is 15.9 Å². The van der Waals surface area contributed by atoms with E-state index < -0.39 is 15.7 Å². The summed E-state index contributed by atoms with van der Waals surface area (Å²) in [4.78, 5) is 0. The normalized spacial score (nSPS) is 12.4. The van der Waals surface area contributed by atoms with Crippen molar-refractivity contribution in [3.05, 3.63) is 29.8 Å². The second-order valence-electron chi connectivity index (χ2n) is 5.19. The Balaban J connectivity index is 2.72. The third kappa shape index (κ3) is 5.48. The van der Waals surface area contributed by atoms with Crippen LogP contribution in [0.1, 0.15) is 26.3 Å². The molecule has 0 aliphatic heterocycles. The van der Waals surface area contributed by atoms with E-state index in [0.29, 0.717) is 12.2 Å². The van der Waals surface area contributed by atoms with E-state index in [1.165, 1.54) is 0 Å². The van der Waals surface area contributed by atoms with Gasteiger partial charge in [-0.3, -0.25) is 4.72 Å². The predicted octanol–water partition coefficient (Wildman–Crippen LogP) is 1.23. The molecular formula is C12H21N3O2S. The molecule has 0 saturated heterocycles. The fourth-order valence-electron chi connectivity index (χ4n) is 1.49. The Labute approximate surface area is 109 Å². The Morgan fingerprint density at radius 3 is 2.17 bits per heavy atom. The summed E-state index contributed by atoms with van der Waals surface area (Å²) in [6, 6.07) is 7.18. The lowest BCUT2D eigenvalue weighted by molar-refractivity contribution is 0.494. The zero-order chi connectivity index (χ0) is 13.8. The van der Waals surface area contributed by atoms with Crippen molar-refractivity contribution in [2.45, 2.75) is 32.7 Å². The number of hydrogen-bond acceptors (Lipinski definition) is 3. The quantitative estimate of drug-likeness (QED) is 0.753. The summed E-state index contributed by atoms with van der Waals surface area (Å²) in [6.45, 7) is 5.94. The number of benzene rings is 1. The summed E-state index contributed by atoms with van der Waals surface area (Å²) in [5.74, 6) is 0. The molecule has 0 unspecified atom stereocenters. The number of rotatable bonds is 5. The van der Waals surface area contributed by atoms with Gasteiger partial charge < -0.3 is 5.73 Å². The first kappa shape index (κ1) is 14.9. The van der Waals surface area contributed by atoms with Crippen molar-refractivity contribution in [2.75, 3.05) is 11.3 Å². The van der Waals surface area contributed by atoms with Crippen molar-refractivity contribution in [1.29, 1.82) is 0 Å². The average Bonchev–Trinajstić information content (AvgIpc) is 2.17. The van der Waals surface area contributed by atoms with Gasteiger partial charge in [0.1, 0.15) is 0 Å². The topological polar surface area (TPSA) is 84.2 Å².